The van der Waals surface area contributed by atoms with Crippen LogP contribution in [-0.2, 0) is 0 Å². The molecule has 0 radical (unpaired) electrons. The summed E-state index contributed by atoms with van der Waals surface area (Å²) < 4.78 is 10.7. The van der Waals surface area contributed by atoms with E-state index in [1.807, 2.05) is 24.3 Å². The van der Waals surface area contributed by atoms with Gasteiger partial charge in [-0.2, -0.15) is 0 Å². The summed E-state index contributed by atoms with van der Waals surface area (Å²) in [5.74, 6) is 2.07. The molecule has 0 aromatic heterocycles. The number of ether oxygens (including phenoxy) is 2. The van der Waals surface area contributed by atoms with E-state index >= 15 is 0 Å². The van der Waals surface area contributed by atoms with Gasteiger partial charge in [-0.15, -0.1) is 0 Å². The van der Waals surface area contributed by atoms with E-state index in [4.69, 9.17) is 9.47 Å². The van der Waals surface area contributed by atoms with Crippen molar-refractivity contribution in [1.82, 2.24) is 5.32 Å². The van der Waals surface area contributed by atoms with Crippen LogP contribution >= 0.6 is 0 Å². The average molecular weight is 283 g/mol. The van der Waals surface area contributed by atoms with Gasteiger partial charge in [0.1, 0.15) is 11.5 Å². The molecular weight excluding hydrogens is 262 g/mol. The highest BCUT2D eigenvalue weighted by molar-refractivity contribution is 5.44. The van der Waals surface area contributed by atoms with Crippen molar-refractivity contribution in [2.45, 2.75) is 18.4 Å². The molecule has 0 saturated carbocycles. The molecule has 1 saturated heterocycles. The number of benzene rings is 2. The van der Waals surface area contributed by atoms with Crippen LogP contribution in [0.5, 0.6) is 11.5 Å². The van der Waals surface area contributed by atoms with Crippen molar-refractivity contribution in [2.75, 3.05) is 20.8 Å². The molecule has 0 bridgehead atoms. The van der Waals surface area contributed by atoms with Gasteiger partial charge in [0.25, 0.3) is 0 Å². The third-order valence-electron chi connectivity index (χ3n) is 4.23. The first-order valence-corrected chi connectivity index (χ1v) is 7.19. The van der Waals surface area contributed by atoms with Crippen LogP contribution < -0.4 is 14.8 Å². The van der Waals surface area contributed by atoms with Gasteiger partial charge in [-0.3, -0.25) is 0 Å². The highest BCUT2D eigenvalue weighted by atomic mass is 16.5. The predicted molar refractivity (Wildman–Crippen MR) is 84.2 cm³/mol. The summed E-state index contributed by atoms with van der Waals surface area (Å²) in [7, 11) is 3.41. The first-order chi connectivity index (χ1) is 10.2. The van der Waals surface area contributed by atoms with Crippen molar-refractivity contribution in [2.24, 2.45) is 0 Å². The van der Waals surface area contributed by atoms with Crippen molar-refractivity contribution < 1.29 is 9.47 Å². The van der Waals surface area contributed by atoms with Crippen molar-refractivity contribution in [3.05, 3.63) is 59.7 Å². The van der Waals surface area contributed by atoms with Crippen LogP contribution in [0.1, 0.15) is 24.0 Å². The zero-order valence-corrected chi connectivity index (χ0v) is 12.7. The van der Waals surface area contributed by atoms with E-state index < -0.39 is 0 Å². The summed E-state index contributed by atoms with van der Waals surface area (Å²) in [4.78, 5) is 0. The van der Waals surface area contributed by atoms with E-state index in [2.05, 4.69) is 36.5 Å². The van der Waals surface area contributed by atoms with E-state index in [-0.39, 0.29) is 11.5 Å². The zero-order valence-electron chi connectivity index (χ0n) is 12.7. The Morgan fingerprint density at radius 1 is 0.952 bits per heavy atom. The lowest BCUT2D eigenvalue weighted by molar-refractivity contribution is 0.412. The second-order valence-corrected chi connectivity index (χ2v) is 5.76. The van der Waals surface area contributed by atoms with Gasteiger partial charge in [0, 0.05) is 18.0 Å². The van der Waals surface area contributed by atoms with E-state index in [1.165, 1.54) is 11.1 Å². The highest BCUT2D eigenvalue weighted by Gasteiger charge is 2.46. The Morgan fingerprint density at radius 3 is 1.81 bits per heavy atom. The first kappa shape index (κ1) is 14.0. The largest absolute Gasteiger partial charge is 0.497 e. The molecule has 2 aromatic rings. The maximum atomic E-state index is 5.37. The van der Waals surface area contributed by atoms with Gasteiger partial charge in [-0.05, 0) is 42.3 Å². The summed E-state index contributed by atoms with van der Waals surface area (Å²) in [6, 6.07) is 16.6. The standard InChI is InChI=1S/C18H21NO2/c1-18(12-19-18)17(13-6-4-8-15(10-13)20-2)14-7-5-9-16(11-14)21-3/h4-11,17,19H,12H2,1-3H3. The summed E-state index contributed by atoms with van der Waals surface area (Å²) in [6.45, 7) is 3.28. The van der Waals surface area contributed by atoms with Crippen LogP contribution in [0.2, 0.25) is 0 Å². The molecule has 1 atom stereocenters. The lowest BCUT2D eigenvalue weighted by Crippen LogP contribution is -2.23. The smallest absolute Gasteiger partial charge is 0.119 e. The summed E-state index contributed by atoms with van der Waals surface area (Å²) >= 11 is 0. The van der Waals surface area contributed by atoms with Gasteiger partial charge in [-0.25, -0.2) is 0 Å². The van der Waals surface area contributed by atoms with Crippen LogP contribution in [0.15, 0.2) is 48.5 Å². The van der Waals surface area contributed by atoms with Crippen LogP contribution in [-0.4, -0.2) is 26.3 Å². The number of hydrogen-bond donors (Lipinski definition) is 1. The number of nitrogens with one attached hydrogen (secondary N) is 1. The Bertz CT molecular complexity index is 587. The molecule has 1 unspecified atom stereocenters. The molecule has 1 heterocycles. The molecule has 0 aliphatic carbocycles. The van der Waals surface area contributed by atoms with Gasteiger partial charge < -0.3 is 14.8 Å². The molecule has 3 rings (SSSR count). The van der Waals surface area contributed by atoms with Crippen LogP contribution in [0.3, 0.4) is 0 Å². The minimum absolute atomic E-state index is 0.0960. The third-order valence-corrected chi connectivity index (χ3v) is 4.23. The third kappa shape index (κ3) is 2.74. The van der Waals surface area contributed by atoms with Crippen molar-refractivity contribution in [1.29, 1.82) is 0 Å². The topological polar surface area (TPSA) is 40.4 Å². The van der Waals surface area contributed by atoms with Gasteiger partial charge in [0.05, 0.1) is 14.2 Å². The van der Waals surface area contributed by atoms with Gasteiger partial charge in [0.2, 0.25) is 0 Å². The van der Waals surface area contributed by atoms with E-state index in [9.17, 15) is 0 Å². The minimum atomic E-state index is 0.0960. The van der Waals surface area contributed by atoms with Crippen LogP contribution in [0.25, 0.3) is 0 Å². The Labute approximate surface area is 125 Å². The molecule has 1 fully saturated rings. The lowest BCUT2D eigenvalue weighted by atomic mass is 9.81. The number of methoxy groups -OCH3 is 2. The molecule has 1 N–H and O–H groups in total. The van der Waals surface area contributed by atoms with Crippen LogP contribution in [0.4, 0.5) is 0 Å². The SMILES string of the molecule is COc1cccc(C(c2cccc(OC)c2)C2(C)CN2)c1. The summed E-state index contributed by atoms with van der Waals surface area (Å²) in [5, 5.41) is 3.50. The predicted octanol–water partition coefficient (Wildman–Crippen LogP) is 3.20. The van der Waals surface area contributed by atoms with Crippen LogP contribution in [0, 0.1) is 0 Å². The second kappa shape index (κ2) is 5.41. The van der Waals surface area contributed by atoms with E-state index in [0.717, 1.165) is 18.0 Å². The fraction of sp³-hybridized carbons (Fsp3) is 0.333. The molecule has 1 aliphatic heterocycles. The molecular formula is C18H21NO2. The van der Waals surface area contributed by atoms with Gasteiger partial charge in [0.15, 0.2) is 0 Å². The van der Waals surface area contributed by atoms with Crippen molar-refractivity contribution >= 4 is 0 Å². The average Bonchev–Trinajstić information content (AvgIpc) is 3.26. The molecule has 3 nitrogen and oxygen atoms in total. The van der Waals surface area contributed by atoms with Crippen molar-refractivity contribution in [3.63, 3.8) is 0 Å². The van der Waals surface area contributed by atoms with Gasteiger partial charge >= 0.3 is 0 Å². The zero-order chi connectivity index (χ0) is 14.9. The summed E-state index contributed by atoms with van der Waals surface area (Å²) in [5.41, 5.74) is 2.61. The van der Waals surface area contributed by atoms with E-state index in [1.54, 1.807) is 14.2 Å². The molecule has 110 valence electrons. The minimum Gasteiger partial charge on any atom is -0.497 e. The van der Waals surface area contributed by atoms with Crippen molar-refractivity contribution in [3.8, 4) is 11.5 Å². The molecule has 0 spiro atoms. The monoisotopic (exact) mass is 283 g/mol. The van der Waals surface area contributed by atoms with Gasteiger partial charge in [-0.1, -0.05) is 24.3 Å². The normalized spacial score (nSPS) is 20.4. The Balaban J connectivity index is 2.05. The number of hydrogen-bond acceptors (Lipinski definition) is 3. The molecule has 21 heavy (non-hydrogen) atoms. The molecule has 0 amide bonds. The fourth-order valence-electron chi connectivity index (χ4n) is 2.91. The Kier molecular flexibility index (Phi) is 3.60. The summed E-state index contributed by atoms with van der Waals surface area (Å²) in [6.07, 6.45) is 0. The quantitative estimate of drug-likeness (QED) is 0.857. The lowest BCUT2D eigenvalue weighted by Gasteiger charge is -2.24. The first-order valence-electron chi connectivity index (χ1n) is 7.19. The molecule has 2 aromatic carbocycles. The molecule has 3 heteroatoms. The number of rotatable bonds is 5. The maximum absolute atomic E-state index is 5.37. The Morgan fingerprint density at radius 2 is 1.43 bits per heavy atom. The fourth-order valence-corrected chi connectivity index (χ4v) is 2.91. The molecule has 1 aliphatic rings. The van der Waals surface area contributed by atoms with E-state index in [0.29, 0.717) is 0 Å². The Hall–Kier alpha value is -2.00. The maximum Gasteiger partial charge on any atom is 0.119 e. The highest BCUT2D eigenvalue weighted by Crippen LogP contribution is 2.41. The second-order valence-electron chi connectivity index (χ2n) is 5.76.